The van der Waals surface area contributed by atoms with Crippen LogP contribution in [0.3, 0.4) is 0 Å². The lowest BCUT2D eigenvalue weighted by atomic mass is 10.2. The number of nitrogens with zero attached hydrogens (tertiary/aromatic N) is 3. The van der Waals surface area contributed by atoms with Gasteiger partial charge in [0.2, 0.25) is 0 Å². The Kier molecular flexibility index (Phi) is 2.79. The molecule has 3 aromatic rings. The maximum Gasteiger partial charge on any atom is 0.198 e. The van der Waals surface area contributed by atoms with Gasteiger partial charge in [-0.3, -0.25) is 0 Å². The lowest BCUT2D eigenvalue weighted by molar-refractivity contribution is 0.415. The van der Waals surface area contributed by atoms with Gasteiger partial charge < -0.3 is 9.47 Å². The van der Waals surface area contributed by atoms with Gasteiger partial charge in [0.05, 0.1) is 14.2 Å². The molecule has 0 radical (unpaired) electrons. The summed E-state index contributed by atoms with van der Waals surface area (Å²) in [5, 5.41) is 4.43. The van der Waals surface area contributed by atoms with Crippen molar-refractivity contribution in [1.29, 1.82) is 0 Å². The number of fused-ring (bicyclic) bond motifs is 1. The van der Waals surface area contributed by atoms with E-state index in [0.717, 1.165) is 11.3 Å². The molecule has 0 saturated heterocycles. The van der Waals surface area contributed by atoms with Crippen molar-refractivity contribution >= 4 is 5.65 Å². The molecule has 0 aliphatic carbocycles. The monoisotopic (exact) mass is 255 g/mol. The molecule has 1 aromatic carbocycles. The molecule has 0 bridgehead atoms. The van der Waals surface area contributed by atoms with Crippen LogP contribution in [0.2, 0.25) is 0 Å². The van der Waals surface area contributed by atoms with Gasteiger partial charge in [-0.05, 0) is 36.4 Å². The highest BCUT2D eigenvalue weighted by Gasteiger charge is 2.09. The number of methoxy groups -OCH3 is 2. The van der Waals surface area contributed by atoms with E-state index >= 15 is 0 Å². The Morgan fingerprint density at radius 3 is 2.47 bits per heavy atom. The maximum atomic E-state index is 5.27. The molecule has 3 rings (SSSR count). The van der Waals surface area contributed by atoms with Crippen molar-refractivity contribution in [1.82, 2.24) is 14.6 Å². The van der Waals surface area contributed by atoms with E-state index in [4.69, 9.17) is 9.47 Å². The highest BCUT2D eigenvalue weighted by molar-refractivity contribution is 5.62. The van der Waals surface area contributed by atoms with Crippen LogP contribution in [0.5, 0.6) is 11.5 Å². The molecule has 0 fully saturated rings. The molecule has 0 unspecified atom stereocenters. The van der Waals surface area contributed by atoms with Gasteiger partial charge in [0.15, 0.2) is 17.2 Å². The van der Waals surface area contributed by atoms with Gasteiger partial charge in [-0.15, -0.1) is 5.10 Å². The minimum Gasteiger partial charge on any atom is -0.497 e. The minimum absolute atomic E-state index is 0.659. The number of benzene rings is 1. The van der Waals surface area contributed by atoms with Crippen molar-refractivity contribution in [2.24, 2.45) is 0 Å². The van der Waals surface area contributed by atoms with E-state index in [9.17, 15) is 0 Å². The second-order valence-electron chi connectivity index (χ2n) is 4.01. The predicted molar refractivity (Wildman–Crippen MR) is 71.5 cm³/mol. The third-order valence-electron chi connectivity index (χ3n) is 2.89. The molecule has 19 heavy (non-hydrogen) atoms. The third kappa shape index (κ3) is 1.99. The first-order valence-electron chi connectivity index (χ1n) is 5.85. The Balaban J connectivity index is 2.09. The predicted octanol–water partition coefficient (Wildman–Crippen LogP) is 2.41. The van der Waals surface area contributed by atoms with Crippen LogP contribution in [-0.4, -0.2) is 28.8 Å². The van der Waals surface area contributed by atoms with Crippen LogP contribution in [0.1, 0.15) is 0 Å². The largest absolute Gasteiger partial charge is 0.497 e. The average Bonchev–Trinajstić information content (AvgIpc) is 2.91. The van der Waals surface area contributed by atoms with Crippen molar-refractivity contribution in [3.05, 3.63) is 42.6 Å². The zero-order valence-electron chi connectivity index (χ0n) is 10.7. The Labute approximate surface area is 110 Å². The second-order valence-corrected chi connectivity index (χ2v) is 4.01. The van der Waals surface area contributed by atoms with Crippen molar-refractivity contribution in [3.8, 4) is 22.9 Å². The maximum absolute atomic E-state index is 5.27. The van der Waals surface area contributed by atoms with Crippen LogP contribution in [0.4, 0.5) is 0 Å². The van der Waals surface area contributed by atoms with Crippen LogP contribution < -0.4 is 9.47 Å². The first-order chi connectivity index (χ1) is 9.31. The van der Waals surface area contributed by atoms with Crippen LogP contribution >= 0.6 is 0 Å². The number of ether oxygens (including phenoxy) is 2. The molecule has 0 amide bonds. The Morgan fingerprint density at radius 2 is 1.79 bits per heavy atom. The molecular formula is C14H13N3O2. The van der Waals surface area contributed by atoms with Crippen LogP contribution in [0.25, 0.3) is 17.0 Å². The Hall–Kier alpha value is -2.56. The van der Waals surface area contributed by atoms with Gasteiger partial charge in [0.25, 0.3) is 0 Å². The SMILES string of the molecule is COc1ccc(-c2nc3c(OC)cccn3n2)cc1. The lowest BCUT2D eigenvalue weighted by Crippen LogP contribution is -1.90. The fraction of sp³-hybridized carbons (Fsp3) is 0.143. The van der Waals surface area contributed by atoms with Crippen molar-refractivity contribution in [2.45, 2.75) is 0 Å². The molecule has 96 valence electrons. The fourth-order valence-electron chi connectivity index (χ4n) is 1.90. The topological polar surface area (TPSA) is 48.7 Å². The van der Waals surface area contributed by atoms with Crippen LogP contribution in [-0.2, 0) is 0 Å². The second kappa shape index (κ2) is 4.61. The Bertz CT molecular complexity index is 704. The highest BCUT2D eigenvalue weighted by atomic mass is 16.5. The van der Waals surface area contributed by atoms with E-state index < -0.39 is 0 Å². The molecule has 5 heteroatoms. The van der Waals surface area contributed by atoms with Crippen molar-refractivity contribution < 1.29 is 9.47 Å². The molecule has 0 atom stereocenters. The summed E-state index contributed by atoms with van der Waals surface area (Å²) in [4.78, 5) is 4.50. The zero-order chi connectivity index (χ0) is 13.2. The summed E-state index contributed by atoms with van der Waals surface area (Å²) in [6.45, 7) is 0. The molecule has 2 heterocycles. The standard InChI is InChI=1S/C14H13N3O2/c1-18-11-7-5-10(6-8-11)13-15-14-12(19-2)4-3-9-17(14)16-13/h3-9H,1-2H3. The van der Waals surface area contributed by atoms with E-state index in [0.29, 0.717) is 17.2 Å². The quantitative estimate of drug-likeness (QED) is 0.721. The van der Waals surface area contributed by atoms with Gasteiger partial charge in [0.1, 0.15) is 5.75 Å². The van der Waals surface area contributed by atoms with Crippen molar-refractivity contribution in [2.75, 3.05) is 14.2 Å². The molecule has 0 saturated carbocycles. The third-order valence-corrected chi connectivity index (χ3v) is 2.89. The first kappa shape index (κ1) is 11.5. The number of pyridine rings is 1. The van der Waals surface area contributed by atoms with E-state index in [1.165, 1.54) is 0 Å². The summed E-state index contributed by atoms with van der Waals surface area (Å²) in [5.74, 6) is 2.17. The zero-order valence-corrected chi connectivity index (χ0v) is 10.7. The lowest BCUT2D eigenvalue weighted by Gasteiger charge is -1.99. The molecule has 0 spiro atoms. The number of hydrogen-bond acceptors (Lipinski definition) is 4. The molecule has 0 aliphatic heterocycles. The van der Waals surface area contributed by atoms with E-state index in [1.807, 2.05) is 42.6 Å². The van der Waals surface area contributed by atoms with Gasteiger partial charge >= 0.3 is 0 Å². The summed E-state index contributed by atoms with van der Waals surface area (Å²) in [6.07, 6.45) is 1.85. The van der Waals surface area contributed by atoms with Gasteiger partial charge in [-0.1, -0.05) is 0 Å². The van der Waals surface area contributed by atoms with Crippen LogP contribution in [0.15, 0.2) is 42.6 Å². The molecule has 0 N–H and O–H groups in total. The average molecular weight is 255 g/mol. The summed E-state index contributed by atoms with van der Waals surface area (Å²) < 4.78 is 12.1. The minimum atomic E-state index is 0.659. The van der Waals surface area contributed by atoms with Gasteiger partial charge in [0, 0.05) is 11.8 Å². The number of hydrogen-bond donors (Lipinski definition) is 0. The fourth-order valence-corrected chi connectivity index (χ4v) is 1.90. The normalized spacial score (nSPS) is 10.6. The van der Waals surface area contributed by atoms with Gasteiger partial charge in [-0.2, -0.15) is 0 Å². The molecule has 2 aromatic heterocycles. The number of rotatable bonds is 3. The van der Waals surface area contributed by atoms with Gasteiger partial charge in [-0.25, -0.2) is 9.50 Å². The van der Waals surface area contributed by atoms with E-state index in [1.54, 1.807) is 18.7 Å². The summed E-state index contributed by atoms with van der Waals surface area (Å²) in [7, 11) is 3.26. The smallest absolute Gasteiger partial charge is 0.198 e. The van der Waals surface area contributed by atoms with Crippen molar-refractivity contribution in [3.63, 3.8) is 0 Å². The summed E-state index contributed by atoms with van der Waals surface area (Å²) in [6, 6.07) is 11.4. The molecule has 0 aliphatic rings. The summed E-state index contributed by atoms with van der Waals surface area (Å²) in [5.41, 5.74) is 1.64. The molecular weight excluding hydrogens is 242 g/mol. The summed E-state index contributed by atoms with van der Waals surface area (Å²) >= 11 is 0. The molecule has 5 nitrogen and oxygen atoms in total. The number of aromatic nitrogens is 3. The highest BCUT2D eigenvalue weighted by Crippen LogP contribution is 2.23. The van der Waals surface area contributed by atoms with E-state index in [-0.39, 0.29) is 0 Å². The van der Waals surface area contributed by atoms with E-state index in [2.05, 4.69) is 10.1 Å². The van der Waals surface area contributed by atoms with Crippen LogP contribution in [0, 0.1) is 0 Å². The Morgan fingerprint density at radius 1 is 1.00 bits per heavy atom. The first-order valence-corrected chi connectivity index (χ1v) is 5.85.